The van der Waals surface area contributed by atoms with E-state index in [1.807, 2.05) is 6.26 Å². The molecule has 0 spiro atoms. The van der Waals surface area contributed by atoms with Gasteiger partial charge >= 0.3 is 6.18 Å². The zero-order valence-electron chi connectivity index (χ0n) is 17.8. The molecule has 0 bridgehead atoms. The highest BCUT2D eigenvalue weighted by Gasteiger charge is 2.59. The number of amides is 1. The molecule has 0 fully saturated rings. The lowest BCUT2D eigenvalue weighted by Gasteiger charge is -2.28. The van der Waals surface area contributed by atoms with Crippen LogP contribution < -0.4 is 10.8 Å². The molecule has 2 N–H and O–H groups in total. The van der Waals surface area contributed by atoms with Crippen LogP contribution >= 0.6 is 43.6 Å². The number of carbonyl (C=O) groups is 1. The van der Waals surface area contributed by atoms with Gasteiger partial charge in [0.05, 0.1) is 5.70 Å². The Hall–Kier alpha value is -2.01. The summed E-state index contributed by atoms with van der Waals surface area (Å²) in [7, 11) is 0. The number of carbonyl (C=O) groups excluding carboxylic acids is 1. The van der Waals surface area contributed by atoms with Gasteiger partial charge in [0.1, 0.15) is 0 Å². The number of hydrogen-bond donors (Lipinski definition) is 2. The van der Waals surface area contributed by atoms with Gasteiger partial charge in [-0.1, -0.05) is 62.2 Å². The maximum Gasteiger partial charge on any atom is 0.428 e. The van der Waals surface area contributed by atoms with Gasteiger partial charge in [-0.15, -0.1) is 0 Å². The molecule has 1 atom stereocenters. The van der Waals surface area contributed by atoms with Gasteiger partial charge in [-0.3, -0.25) is 15.1 Å². The van der Waals surface area contributed by atoms with Crippen LogP contribution in [0.4, 0.5) is 13.2 Å². The molecule has 34 heavy (non-hydrogen) atoms. The summed E-state index contributed by atoms with van der Waals surface area (Å²) < 4.78 is 44.1. The Labute approximate surface area is 215 Å². The molecule has 4 rings (SSSR count). The molecule has 10 heteroatoms. The Bertz CT molecular complexity index is 1260. The zero-order chi connectivity index (χ0) is 24.5. The van der Waals surface area contributed by atoms with Crippen molar-refractivity contribution in [2.45, 2.75) is 11.8 Å². The Morgan fingerprint density at radius 2 is 1.76 bits per heavy atom. The van der Waals surface area contributed by atoms with Gasteiger partial charge in [0.2, 0.25) is 5.60 Å². The van der Waals surface area contributed by atoms with E-state index in [1.165, 1.54) is 12.1 Å². The molecule has 1 unspecified atom stereocenters. The lowest BCUT2D eigenvalue weighted by molar-refractivity contribution is -0.269. The lowest BCUT2D eigenvalue weighted by Crippen LogP contribution is -2.42. The van der Waals surface area contributed by atoms with Crippen molar-refractivity contribution in [3.63, 3.8) is 0 Å². The van der Waals surface area contributed by atoms with Gasteiger partial charge in [0.15, 0.2) is 0 Å². The summed E-state index contributed by atoms with van der Waals surface area (Å²) >= 11 is 8.13. The maximum atomic E-state index is 14.4. The Kier molecular flexibility index (Phi) is 7.33. The predicted molar refractivity (Wildman–Crippen MR) is 136 cm³/mol. The van der Waals surface area contributed by atoms with E-state index in [0.29, 0.717) is 37.4 Å². The van der Waals surface area contributed by atoms with Crippen LogP contribution in [0.3, 0.4) is 0 Å². The van der Waals surface area contributed by atoms with Crippen molar-refractivity contribution in [1.82, 2.24) is 10.8 Å². The van der Waals surface area contributed by atoms with Crippen molar-refractivity contribution in [2.24, 2.45) is 0 Å². The smallest absolute Gasteiger partial charge is 0.351 e. The third kappa shape index (κ3) is 4.73. The molecule has 0 aromatic heterocycles. The fourth-order valence-corrected chi connectivity index (χ4v) is 5.44. The normalized spacial score (nSPS) is 18.0. The Balaban J connectivity index is 1.82. The standard InChI is InChI=1S/C24H19Br2F3N2O2S/c1-34-9-8-30-22(32)20-7-6-19(17-4-2-3-5-18(17)20)21-13-23(33-31-21,24(27,28)29)14-10-15(25)12-16(26)11-14/h2-7,10-13,31H,8-9H2,1H3,(H,30,32). The second kappa shape index (κ2) is 9.93. The molecule has 3 aromatic rings. The number of rotatable bonds is 6. The number of hydroxylamine groups is 1. The molecular formula is C24H19Br2F3N2O2S. The predicted octanol–water partition coefficient (Wildman–Crippen LogP) is 6.79. The van der Waals surface area contributed by atoms with Gasteiger partial charge in [-0.25, -0.2) is 0 Å². The SMILES string of the molecule is CSCCNC(=O)c1ccc(C2=CC(c3cc(Br)cc(Br)c3)(C(F)(F)F)ON2)c2ccccc12. The van der Waals surface area contributed by atoms with Gasteiger partial charge in [-0.05, 0) is 47.4 Å². The minimum atomic E-state index is -4.74. The topological polar surface area (TPSA) is 50.4 Å². The minimum Gasteiger partial charge on any atom is -0.351 e. The molecule has 178 valence electrons. The van der Waals surface area contributed by atoms with Crippen LogP contribution in [0.25, 0.3) is 16.5 Å². The third-order valence-electron chi connectivity index (χ3n) is 5.43. The number of fused-ring (bicyclic) bond motifs is 1. The van der Waals surface area contributed by atoms with Crippen molar-refractivity contribution < 1.29 is 22.8 Å². The summed E-state index contributed by atoms with van der Waals surface area (Å²) in [6, 6.07) is 14.8. The molecule has 0 saturated heterocycles. The second-order valence-electron chi connectivity index (χ2n) is 7.61. The number of halogens is 5. The van der Waals surface area contributed by atoms with E-state index in [2.05, 4.69) is 42.7 Å². The summed E-state index contributed by atoms with van der Waals surface area (Å²) in [5.74, 6) is 0.547. The van der Waals surface area contributed by atoms with E-state index < -0.39 is 11.8 Å². The molecule has 0 saturated carbocycles. The number of benzene rings is 3. The average molecular weight is 616 g/mol. The van der Waals surface area contributed by atoms with Crippen LogP contribution in [-0.2, 0) is 10.4 Å². The summed E-state index contributed by atoms with van der Waals surface area (Å²) in [6.45, 7) is 0.521. The highest BCUT2D eigenvalue weighted by atomic mass is 79.9. The van der Waals surface area contributed by atoms with Crippen LogP contribution in [0.2, 0.25) is 0 Å². The average Bonchev–Trinajstić information content (AvgIpc) is 3.25. The third-order valence-corrected chi connectivity index (χ3v) is 6.96. The largest absolute Gasteiger partial charge is 0.428 e. The molecule has 1 heterocycles. The lowest BCUT2D eigenvalue weighted by atomic mass is 9.90. The first-order valence-corrected chi connectivity index (χ1v) is 13.1. The molecule has 3 aromatic carbocycles. The van der Waals surface area contributed by atoms with Crippen LogP contribution in [0.1, 0.15) is 21.5 Å². The second-order valence-corrected chi connectivity index (χ2v) is 10.4. The monoisotopic (exact) mass is 614 g/mol. The van der Waals surface area contributed by atoms with E-state index in [0.717, 1.165) is 11.8 Å². The van der Waals surface area contributed by atoms with Crippen LogP contribution in [0.5, 0.6) is 0 Å². The fraction of sp³-hybridized carbons (Fsp3) is 0.208. The van der Waals surface area contributed by atoms with Crippen LogP contribution in [0, 0.1) is 0 Å². The first-order chi connectivity index (χ1) is 16.2. The summed E-state index contributed by atoms with van der Waals surface area (Å²) in [4.78, 5) is 18.0. The van der Waals surface area contributed by atoms with Gasteiger partial charge in [0, 0.05) is 37.9 Å². The molecular weight excluding hydrogens is 597 g/mol. The quantitative estimate of drug-likeness (QED) is 0.300. The molecule has 0 aliphatic carbocycles. The first kappa shape index (κ1) is 25.1. The fourth-order valence-electron chi connectivity index (χ4n) is 3.84. The van der Waals surface area contributed by atoms with E-state index in [4.69, 9.17) is 4.84 Å². The van der Waals surface area contributed by atoms with Crippen LogP contribution in [-0.4, -0.2) is 30.6 Å². The van der Waals surface area contributed by atoms with Gasteiger partial charge in [-0.2, -0.15) is 24.9 Å². The molecule has 1 aliphatic heterocycles. The van der Waals surface area contributed by atoms with E-state index >= 15 is 0 Å². The van der Waals surface area contributed by atoms with Crippen molar-refractivity contribution >= 4 is 66.0 Å². The Morgan fingerprint density at radius 3 is 2.41 bits per heavy atom. The van der Waals surface area contributed by atoms with Crippen molar-refractivity contribution in [3.8, 4) is 0 Å². The van der Waals surface area contributed by atoms with E-state index in [1.54, 1.807) is 54.2 Å². The Morgan fingerprint density at radius 1 is 1.09 bits per heavy atom. The molecule has 1 amide bonds. The molecule has 4 nitrogen and oxygen atoms in total. The first-order valence-electron chi connectivity index (χ1n) is 10.2. The van der Waals surface area contributed by atoms with Crippen LogP contribution in [0.15, 0.2) is 69.6 Å². The molecule has 0 radical (unpaired) electrons. The van der Waals surface area contributed by atoms with Crippen molar-refractivity contribution in [1.29, 1.82) is 0 Å². The summed E-state index contributed by atoms with van der Waals surface area (Å²) in [6.07, 6.45) is -1.75. The number of nitrogens with one attached hydrogen (secondary N) is 2. The highest BCUT2D eigenvalue weighted by Crippen LogP contribution is 2.48. The number of hydrogen-bond acceptors (Lipinski definition) is 4. The molecule has 1 aliphatic rings. The number of alkyl halides is 3. The minimum absolute atomic E-state index is 0.0853. The van der Waals surface area contributed by atoms with Crippen molar-refractivity contribution in [3.05, 3.63) is 86.3 Å². The van der Waals surface area contributed by atoms with E-state index in [-0.39, 0.29) is 17.2 Å². The van der Waals surface area contributed by atoms with E-state index in [9.17, 15) is 18.0 Å². The van der Waals surface area contributed by atoms with Gasteiger partial charge < -0.3 is 5.32 Å². The highest BCUT2D eigenvalue weighted by molar-refractivity contribution is 9.11. The van der Waals surface area contributed by atoms with Gasteiger partial charge in [0.25, 0.3) is 5.91 Å². The van der Waals surface area contributed by atoms with Crippen molar-refractivity contribution in [2.75, 3.05) is 18.6 Å². The zero-order valence-corrected chi connectivity index (χ0v) is 21.8. The maximum absolute atomic E-state index is 14.4. The number of thioether (sulfide) groups is 1. The summed E-state index contributed by atoms with van der Waals surface area (Å²) in [5, 5.41) is 4.15. The summed E-state index contributed by atoms with van der Waals surface area (Å²) in [5.41, 5.74) is 0.840.